The second kappa shape index (κ2) is 9.14. The van der Waals surface area contributed by atoms with Crippen LogP contribution in [0.1, 0.15) is 45.2 Å². The molecule has 0 bridgehead atoms. The van der Waals surface area contributed by atoms with Crippen LogP contribution in [-0.4, -0.2) is 38.3 Å². The van der Waals surface area contributed by atoms with Crippen LogP contribution >= 0.6 is 0 Å². The second-order valence-corrected chi connectivity index (χ2v) is 6.39. The van der Waals surface area contributed by atoms with Gasteiger partial charge in [-0.2, -0.15) is 0 Å². The Labute approximate surface area is 136 Å². The van der Waals surface area contributed by atoms with Crippen LogP contribution in [0.2, 0.25) is 0 Å². The largest absolute Gasteiger partial charge is 0.486 e. The quantitative estimate of drug-likeness (QED) is 0.643. The summed E-state index contributed by atoms with van der Waals surface area (Å²) in [5.41, 5.74) is 2.29. The van der Waals surface area contributed by atoms with E-state index in [-0.39, 0.29) is 12.7 Å². The second-order valence-electron chi connectivity index (χ2n) is 6.39. The third-order valence-electron chi connectivity index (χ3n) is 3.54. The first-order chi connectivity index (χ1) is 10.4. The summed E-state index contributed by atoms with van der Waals surface area (Å²) in [5, 5.41) is 0. The van der Waals surface area contributed by atoms with Crippen molar-refractivity contribution in [2.45, 2.75) is 46.3 Å². The zero-order chi connectivity index (χ0) is 16.6. The van der Waals surface area contributed by atoms with Gasteiger partial charge in [0.25, 0.3) is 0 Å². The van der Waals surface area contributed by atoms with E-state index in [0.717, 1.165) is 18.5 Å². The van der Waals surface area contributed by atoms with E-state index in [2.05, 4.69) is 70.1 Å². The summed E-state index contributed by atoms with van der Waals surface area (Å²) in [7, 11) is 3.85. The minimum Gasteiger partial charge on any atom is -0.408 e. The van der Waals surface area contributed by atoms with E-state index < -0.39 is 0 Å². The summed E-state index contributed by atoms with van der Waals surface area (Å²) in [6.07, 6.45) is 3.01. The predicted molar refractivity (Wildman–Crippen MR) is 95.7 cm³/mol. The smallest absolute Gasteiger partial charge is 0.408 e. The van der Waals surface area contributed by atoms with Crippen LogP contribution in [0.3, 0.4) is 0 Å². The van der Waals surface area contributed by atoms with E-state index in [1.54, 1.807) is 0 Å². The normalized spacial score (nSPS) is 12.3. The molecular weight excluding hydrogens is 273 g/mol. The van der Waals surface area contributed by atoms with Crippen molar-refractivity contribution in [3.05, 3.63) is 41.4 Å². The van der Waals surface area contributed by atoms with E-state index in [9.17, 15) is 0 Å². The van der Waals surface area contributed by atoms with Crippen molar-refractivity contribution in [3.8, 4) is 0 Å². The molecule has 0 aliphatic rings. The fourth-order valence-corrected chi connectivity index (χ4v) is 1.98. The van der Waals surface area contributed by atoms with Gasteiger partial charge >= 0.3 is 7.12 Å². The SMILES string of the molecule is CCOB(/C=C/c1ccc(CN(C)C)cc1)OC(C)(C)CC. The van der Waals surface area contributed by atoms with Crippen LogP contribution in [0.5, 0.6) is 0 Å². The van der Waals surface area contributed by atoms with Gasteiger partial charge in [-0.15, -0.1) is 0 Å². The molecule has 4 heteroatoms. The lowest BCUT2D eigenvalue weighted by molar-refractivity contribution is 0.0700. The van der Waals surface area contributed by atoms with Gasteiger partial charge in [0.15, 0.2) is 0 Å². The molecule has 1 aromatic carbocycles. The summed E-state index contributed by atoms with van der Waals surface area (Å²) >= 11 is 0. The molecule has 22 heavy (non-hydrogen) atoms. The molecule has 0 aliphatic carbocycles. The molecule has 1 rings (SSSR count). The van der Waals surface area contributed by atoms with E-state index in [1.807, 2.05) is 12.9 Å². The van der Waals surface area contributed by atoms with Gasteiger partial charge in [-0.05, 0) is 52.4 Å². The summed E-state index contributed by atoms with van der Waals surface area (Å²) in [5.74, 6) is 1.99. The molecule has 0 saturated heterocycles. The van der Waals surface area contributed by atoms with Crippen molar-refractivity contribution in [1.29, 1.82) is 0 Å². The fourth-order valence-electron chi connectivity index (χ4n) is 1.98. The highest BCUT2D eigenvalue weighted by molar-refractivity contribution is 6.51. The summed E-state index contributed by atoms with van der Waals surface area (Å²) < 4.78 is 11.7. The van der Waals surface area contributed by atoms with Crippen molar-refractivity contribution in [2.24, 2.45) is 0 Å². The lowest BCUT2D eigenvalue weighted by atomic mass is 9.86. The lowest BCUT2D eigenvalue weighted by Gasteiger charge is -2.26. The Morgan fingerprint density at radius 1 is 1.14 bits per heavy atom. The maximum absolute atomic E-state index is 6.01. The molecule has 0 heterocycles. The average molecular weight is 303 g/mol. The van der Waals surface area contributed by atoms with Crippen molar-refractivity contribution in [2.75, 3.05) is 20.7 Å². The molecule has 0 saturated carbocycles. The third kappa shape index (κ3) is 7.25. The van der Waals surface area contributed by atoms with E-state index in [1.165, 1.54) is 5.56 Å². The molecule has 0 aromatic heterocycles. The molecule has 0 fully saturated rings. The predicted octanol–water partition coefficient (Wildman–Crippen LogP) is 4.03. The van der Waals surface area contributed by atoms with Crippen molar-refractivity contribution < 1.29 is 9.31 Å². The highest BCUT2D eigenvalue weighted by atomic mass is 16.6. The molecule has 0 amide bonds. The van der Waals surface area contributed by atoms with Gasteiger partial charge in [-0.3, -0.25) is 0 Å². The third-order valence-corrected chi connectivity index (χ3v) is 3.54. The molecule has 122 valence electrons. The van der Waals surface area contributed by atoms with Crippen LogP contribution in [-0.2, 0) is 15.9 Å². The average Bonchev–Trinajstić information content (AvgIpc) is 2.46. The van der Waals surface area contributed by atoms with Crippen LogP contribution in [0.4, 0.5) is 0 Å². The molecular formula is C18H30BNO2. The highest BCUT2D eigenvalue weighted by Gasteiger charge is 2.24. The van der Waals surface area contributed by atoms with Gasteiger partial charge in [0, 0.05) is 18.8 Å². The molecule has 0 spiro atoms. The maximum Gasteiger partial charge on any atom is 0.486 e. The molecule has 1 aromatic rings. The molecule has 0 unspecified atom stereocenters. The molecule has 3 nitrogen and oxygen atoms in total. The Bertz CT molecular complexity index is 455. The van der Waals surface area contributed by atoms with Gasteiger partial charge in [0.05, 0.1) is 0 Å². The Morgan fingerprint density at radius 3 is 2.27 bits per heavy atom. The van der Waals surface area contributed by atoms with Crippen molar-refractivity contribution >= 4 is 13.2 Å². The van der Waals surface area contributed by atoms with Crippen molar-refractivity contribution in [3.63, 3.8) is 0 Å². The van der Waals surface area contributed by atoms with Crippen LogP contribution in [0, 0.1) is 0 Å². The van der Waals surface area contributed by atoms with Gasteiger partial charge < -0.3 is 14.2 Å². The molecule has 0 atom stereocenters. The Kier molecular flexibility index (Phi) is 7.87. The number of hydrogen-bond acceptors (Lipinski definition) is 3. The molecule has 0 aliphatic heterocycles. The standard InChI is InChI=1S/C18H30BNO2/c1-7-18(3,4)22-19(21-8-2)14-13-16-9-11-17(12-10-16)15-20(5)6/h9-14H,7-8,15H2,1-6H3/b14-13+. The monoisotopic (exact) mass is 303 g/mol. The summed E-state index contributed by atoms with van der Waals surface area (Å²) in [6, 6.07) is 8.57. The molecule has 0 N–H and O–H groups in total. The van der Waals surface area contributed by atoms with Gasteiger partial charge in [0.1, 0.15) is 0 Å². The van der Waals surface area contributed by atoms with Crippen LogP contribution < -0.4 is 0 Å². The topological polar surface area (TPSA) is 21.7 Å². The number of hydrogen-bond donors (Lipinski definition) is 0. The molecule has 0 radical (unpaired) electrons. The fraction of sp³-hybridized carbons (Fsp3) is 0.556. The summed E-state index contributed by atoms with van der Waals surface area (Å²) in [6.45, 7) is 9.87. The van der Waals surface area contributed by atoms with Crippen LogP contribution in [0.25, 0.3) is 6.08 Å². The van der Waals surface area contributed by atoms with E-state index in [0.29, 0.717) is 6.61 Å². The van der Waals surface area contributed by atoms with E-state index >= 15 is 0 Å². The Balaban J connectivity index is 2.69. The first-order valence-corrected chi connectivity index (χ1v) is 8.07. The van der Waals surface area contributed by atoms with Gasteiger partial charge in [0.2, 0.25) is 0 Å². The number of benzene rings is 1. The first kappa shape index (κ1) is 19.0. The van der Waals surface area contributed by atoms with Gasteiger partial charge in [-0.1, -0.05) is 43.2 Å². The van der Waals surface area contributed by atoms with Gasteiger partial charge in [-0.25, -0.2) is 0 Å². The lowest BCUT2D eigenvalue weighted by Crippen LogP contribution is -2.34. The minimum atomic E-state index is -0.304. The first-order valence-electron chi connectivity index (χ1n) is 8.07. The van der Waals surface area contributed by atoms with Crippen LogP contribution in [0.15, 0.2) is 30.2 Å². The zero-order valence-electron chi connectivity index (χ0n) is 14.9. The van der Waals surface area contributed by atoms with E-state index in [4.69, 9.17) is 9.31 Å². The Hall–Kier alpha value is -1.10. The number of nitrogens with zero attached hydrogens (tertiary/aromatic N) is 1. The summed E-state index contributed by atoms with van der Waals surface area (Å²) in [4.78, 5) is 2.16. The van der Waals surface area contributed by atoms with Crippen molar-refractivity contribution in [1.82, 2.24) is 4.90 Å². The maximum atomic E-state index is 6.01. The minimum absolute atomic E-state index is 0.181. The highest BCUT2D eigenvalue weighted by Crippen LogP contribution is 2.16. The zero-order valence-corrected chi connectivity index (χ0v) is 14.9. The Morgan fingerprint density at radius 2 is 1.77 bits per heavy atom. The number of rotatable bonds is 9.